The largest absolute Gasteiger partial charge is 0.356 e. The highest BCUT2D eigenvalue weighted by atomic mass is 15.3. The van der Waals surface area contributed by atoms with Crippen molar-refractivity contribution in [3.63, 3.8) is 0 Å². The Morgan fingerprint density at radius 3 is 2.56 bits per heavy atom. The SMILES string of the molecule is Cc1cnc(NN)nc1N1CCCCCC1. The van der Waals surface area contributed by atoms with Gasteiger partial charge in [0.15, 0.2) is 0 Å². The minimum atomic E-state index is 0.491. The number of nitrogens with one attached hydrogen (secondary N) is 1. The second-order valence-electron chi connectivity index (χ2n) is 4.25. The monoisotopic (exact) mass is 221 g/mol. The average molecular weight is 221 g/mol. The van der Waals surface area contributed by atoms with Gasteiger partial charge in [-0.3, -0.25) is 5.43 Å². The summed E-state index contributed by atoms with van der Waals surface area (Å²) in [6, 6.07) is 0. The molecule has 1 fully saturated rings. The van der Waals surface area contributed by atoms with Crippen LogP contribution in [0.25, 0.3) is 0 Å². The number of hydrogen-bond acceptors (Lipinski definition) is 5. The van der Waals surface area contributed by atoms with Crippen molar-refractivity contribution in [1.82, 2.24) is 9.97 Å². The number of nitrogens with two attached hydrogens (primary N) is 1. The second-order valence-corrected chi connectivity index (χ2v) is 4.25. The van der Waals surface area contributed by atoms with Crippen molar-refractivity contribution in [3.05, 3.63) is 11.8 Å². The molecule has 0 radical (unpaired) electrons. The molecule has 0 aromatic carbocycles. The van der Waals surface area contributed by atoms with Gasteiger partial charge >= 0.3 is 0 Å². The first-order valence-electron chi connectivity index (χ1n) is 5.86. The van der Waals surface area contributed by atoms with Gasteiger partial charge in [-0.1, -0.05) is 12.8 Å². The molecule has 5 nitrogen and oxygen atoms in total. The van der Waals surface area contributed by atoms with E-state index in [1.54, 1.807) is 0 Å². The third-order valence-electron chi connectivity index (χ3n) is 2.98. The van der Waals surface area contributed by atoms with Crippen LogP contribution in [-0.2, 0) is 0 Å². The van der Waals surface area contributed by atoms with Crippen molar-refractivity contribution in [3.8, 4) is 0 Å². The number of nitrogen functional groups attached to an aromatic ring is 1. The normalized spacial score (nSPS) is 17.0. The van der Waals surface area contributed by atoms with E-state index in [0.717, 1.165) is 24.5 Å². The summed E-state index contributed by atoms with van der Waals surface area (Å²) < 4.78 is 0. The molecule has 2 heterocycles. The topological polar surface area (TPSA) is 67.1 Å². The van der Waals surface area contributed by atoms with Crippen molar-refractivity contribution in [1.29, 1.82) is 0 Å². The number of anilines is 2. The maximum absolute atomic E-state index is 5.34. The summed E-state index contributed by atoms with van der Waals surface area (Å²) in [6.45, 7) is 4.21. The van der Waals surface area contributed by atoms with Gasteiger partial charge in [0, 0.05) is 24.8 Å². The molecule has 0 bridgehead atoms. The smallest absolute Gasteiger partial charge is 0.239 e. The zero-order valence-corrected chi connectivity index (χ0v) is 9.74. The van der Waals surface area contributed by atoms with Crippen molar-refractivity contribution in [2.45, 2.75) is 32.6 Å². The van der Waals surface area contributed by atoms with Crippen LogP contribution < -0.4 is 16.2 Å². The minimum absolute atomic E-state index is 0.491. The summed E-state index contributed by atoms with van der Waals surface area (Å²) in [5, 5.41) is 0. The maximum atomic E-state index is 5.34. The Labute approximate surface area is 96.0 Å². The molecule has 0 atom stereocenters. The lowest BCUT2D eigenvalue weighted by Gasteiger charge is -2.23. The van der Waals surface area contributed by atoms with E-state index >= 15 is 0 Å². The first-order valence-corrected chi connectivity index (χ1v) is 5.86. The molecule has 1 aliphatic rings. The zero-order chi connectivity index (χ0) is 11.4. The number of aryl methyl sites for hydroxylation is 1. The molecule has 0 aliphatic carbocycles. The van der Waals surface area contributed by atoms with Crippen LogP contribution in [0.1, 0.15) is 31.2 Å². The number of nitrogens with zero attached hydrogens (tertiary/aromatic N) is 3. The lowest BCUT2D eigenvalue weighted by Crippen LogP contribution is -2.26. The molecule has 0 amide bonds. The summed E-state index contributed by atoms with van der Waals surface area (Å²) in [4.78, 5) is 10.9. The highest BCUT2D eigenvalue weighted by Gasteiger charge is 2.14. The number of hydrogen-bond donors (Lipinski definition) is 2. The van der Waals surface area contributed by atoms with E-state index in [2.05, 4.69) is 20.3 Å². The van der Waals surface area contributed by atoms with Crippen LogP contribution in [0, 0.1) is 6.92 Å². The molecule has 1 saturated heterocycles. The fraction of sp³-hybridized carbons (Fsp3) is 0.636. The highest BCUT2D eigenvalue weighted by molar-refractivity contribution is 5.48. The average Bonchev–Trinajstić information content (AvgIpc) is 2.58. The van der Waals surface area contributed by atoms with E-state index in [4.69, 9.17) is 5.84 Å². The van der Waals surface area contributed by atoms with Crippen molar-refractivity contribution >= 4 is 11.8 Å². The van der Waals surface area contributed by atoms with Gasteiger partial charge in [-0.15, -0.1) is 0 Å². The molecule has 0 spiro atoms. The third-order valence-corrected chi connectivity index (χ3v) is 2.98. The zero-order valence-electron chi connectivity index (χ0n) is 9.74. The Morgan fingerprint density at radius 1 is 1.25 bits per heavy atom. The van der Waals surface area contributed by atoms with Crippen LogP contribution in [0.5, 0.6) is 0 Å². The Balaban J connectivity index is 2.22. The van der Waals surface area contributed by atoms with E-state index in [9.17, 15) is 0 Å². The van der Waals surface area contributed by atoms with Crippen molar-refractivity contribution in [2.75, 3.05) is 23.4 Å². The number of aromatic nitrogens is 2. The van der Waals surface area contributed by atoms with Gasteiger partial charge in [-0.25, -0.2) is 10.8 Å². The first kappa shape index (κ1) is 11.1. The van der Waals surface area contributed by atoms with Gasteiger partial charge in [0.25, 0.3) is 0 Å². The fourth-order valence-corrected chi connectivity index (χ4v) is 2.11. The van der Waals surface area contributed by atoms with E-state index in [-0.39, 0.29) is 0 Å². The maximum Gasteiger partial charge on any atom is 0.239 e. The molecule has 0 unspecified atom stereocenters. The summed E-state index contributed by atoms with van der Waals surface area (Å²) in [7, 11) is 0. The number of rotatable bonds is 2. The van der Waals surface area contributed by atoms with Crippen LogP contribution >= 0.6 is 0 Å². The molecule has 0 saturated carbocycles. The van der Waals surface area contributed by atoms with Crippen molar-refractivity contribution < 1.29 is 0 Å². The Kier molecular flexibility index (Phi) is 3.56. The van der Waals surface area contributed by atoms with Gasteiger partial charge in [-0.05, 0) is 19.8 Å². The third kappa shape index (κ3) is 2.41. The van der Waals surface area contributed by atoms with Crippen LogP contribution in [0.3, 0.4) is 0 Å². The molecular weight excluding hydrogens is 202 g/mol. The predicted molar refractivity (Wildman–Crippen MR) is 65.3 cm³/mol. The molecule has 88 valence electrons. The standard InChI is InChI=1S/C11H19N5/c1-9-8-13-11(15-12)14-10(9)16-6-4-2-3-5-7-16/h8H,2-7,12H2,1H3,(H,13,14,15). The number of hydrazine groups is 1. The van der Waals surface area contributed by atoms with Gasteiger partial charge in [0.05, 0.1) is 0 Å². The molecule has 1 aromatic heterocycles. The van der Waals surface area contributed by atoms with Gasteiger partial charge in [0.1, 0.15) is 5.82 Å². The van der Waals surface area contributed by atoms with Crippen LogP contribution in [-0.4, -0.2) is 23.1 Å². The second kappa shape index (κ2) is 5.12. The van der Waals surface area contributed by atoms with E-state index in [1.165, 1.54) is 25.7 Å². The molecule has 1 aromatic rings. The van der Waals surface area contributed by atoms with E-state index in [0.29, 0.717) is 5.95 Å². The van der Waals surface area contributed by atoms with Crippen LogP contribution in [0.4, 0.5) is 11.8 Å². The first-order chi connectivity index (χ1) is 7.81. The van der Waals surface area contributed by atoms with Gasteiger partial charge < -0.3 is 4.90 Å². The molecule has 1 aliphatic heterocycles. The quantitative estimate of drug-likeness (QED) is 0.584. The predicted octanol–water partition coefficient (Wildman–Crippen LogP) is 1.45. The molecular formula is C11H19N5. The summed E-state index contributed by atoms with van der Waals surface area (Å²) in [5.41, 5.74) is 3.61. The van der Waals surface area contributed by atoms with Gasteiger partial charge in [0.2, 0.25) is 5.95 Å². The molecule has 16 heavy (non-hydrogen) atoms. The summed E-state index contributed by atoms with van der Waals surface area (Å²) >= 11 is 0. The van der Waals surface area contributed by atoms with Crippen molar-refractivity contribution in [2.24, 2.45) is 5.84 Å². The van der Waals surface area contributed by atoms with Crippen LogP contribution in [0.2, 0.25) is 0 Å². The lowest BCUT2D eigenvalue weighted by atomic mass is 10.2. The Bertz CT molecular complexity index is 344. The Morgan fingerprint density at radius 2 is 1.94 bits per heavy atom. The minimum Gasteiger partial charge on any atom is -0.356 e. The van der Waals surface area contributed by atoms with E-state index < -0.39 is 0 Å². The Hall–Kier alpha value is -1.36. The lowest BCUT2D eigenvalue weighted by molar-refractivity contribution is 0.726. The summed E-state index contributed by atoms with van der Waals surface area (Å²) in [5.74, 6) is 6.84. The summed E-state index contributed by atoms with van der Waals surface area (Å²) in [6.07, 6.45) is 6.96. The molecule has 2 rings (SSSR count). The highest BCUT2D eigenvalue weighted by Crippen LogP contribution is 2.21. The van der Waals surface area contributed by atoms with Gasteiger partial charge in [-0.2, -0.15) is 4.98 Å². The molecule has 3 N–H and O–H groups in total. The molecule has 5 heteroatoms. The van der Waals surface area contributed by atoms with E-state index in [1.807, 2.05) is 13.1 Å². The fourth-order valence-electron chi connectivity index (χ4n) is 2.11. The van der Waals surface area contributed by atoms with Crippen LogP contribution in [0.15, 0.2) is 6.20 Å².